The van der Waals surface area contributed by atoms with E-state index in [1.807, 2.05) is 0 Å². The second-order valence-corrected chi connectivity index (χ2v) is 5.98. The number of nitrogens with one attached hydrogen (secondary N) is 1. The fraction of sp³-hybridized carbons (Fsp3) is 0.375. The first kappa shape index (κ1) is 14.9. The Morgan fingerprint density at radius 3 is 3.00 bits per heavy atom. The van der Waals surface area contributed by atoms with Crippen molar-refractivity contribution >= 4 is 23.0 Å². The predicted molar refractivity (Wildman–Crippen MR) is 89.9 cm³/mol. The van der Waals surface area contributed by atoms with Gasteiger partial charge in [-0.15, -0.1) is 0 Å². The highest BCUT2D eigenvalue weighted by molar-refractivity contribution is 6.32. The Hall–Kier alpha value is -2.01. The first-order valence-electron chi connectivity index (χ1n) is 7.38. The minimum atomic E-state index is -0.286. The summed E-state index contributed by atoms with van der Waals surface area (Å²) in [7, 11) is 1.58. The molecule has 0 spiro atoms. The standard InChI is InChI=1S/C16H19ClN4O/c1-11-9-12-5-3-4-6-14(12)21(11)8-7-18-13-10-19-20(2)16(22)15(13)17/h3-6,10-11,18H,7-9H2,1-2H3. The van der Waals surface area contributed by atoms with Crippen molar-refractivity contribution < 1.29 is 0 Å². The van der Waals surface area contributed by atoms with Gasteiger partial charge in [0.25, 0.3) is 5.56 Å². The number of aryl methyl sites for hydroxylation is 1. The molecule has 116 valence electrons. The molecular formula is C16H19ClN4O. The van der Waals surface area contributed by atoms with Gasteiger partial charge in [0.2, 0.25) is 0 Å². The van der Waals surface area contributed by atoms with Crippen LogP contribution in [-0.2, 0) is 13.5 Å². The molecule has 22 heavy (non-hydrogen) atoms. The first-order valence-corrected chi connectivity index (χ1v) is 7.76. The minimum Gasteiger partial charge on any atom is -0.381 e. The smallest absolute Gasteiger partial charge is 0.287 e. The van der Waals surface area contributed by atoms with Crippen molar-refractivity contribution in [2.75, 3.05) is 23.3 Å². The van der Waals surface area contributed by atoms with Crippen LogP contribution in [0.15, 0.2) is 35.3 Å². The summed E-state index contributed by atoms with van der Waals surface area (Å²) in [6, 6.07) is 8.97. The van der Waals surface area contributed by atoms with Gasteiger partial charge >= 0.3 is 0 Å². The Bertz CT molecular complexity index is 743. The minimum absolute atomic E-state index is 0.187. The van der Waals surface area contributed by atoms with Crippen molar-refractivity contribution in [3.05, 3.63) is 51.4 Å². The van der Waals surface area contributed by atoms with E-state index in [0.29, 0.717) is 18.3 Å². The van der Waals surface area contributed by atoms with Gasteiger partial charge in [0.1, 0.15) is 5.02 Å². The van der Waals surface area contributed by atoms with Crippen LogP contribution in [0.2, 0.25) is 5.02 Å². The van der Waals surface area contributed by atoms with E-state index in [2.05, 4.69) is 46.5 Å². The molecule has 1 aromatic heterocycles. The van der Waals surface area contributed by atoms with Gasteiger partial charge < -0.3 is 10.2 Å². The second kappa shape index (κ2) is 6.01. The summed E-state index contributed by atoms with van der Waals surface area (Å²) >= 11 is 6.05. The van der Waals surface area contributed by atoms with Crippen LogP contribution in [-0.4, -0.2) is 28.9 Å². The number of para-hydroxylation sites is 1. The third-order valence-corrected chi connectivity index (χ3v) is 4.46. The molecule has 1 N–H and O–H groups in total. The molecule has 1 aromatic carbocycles. The van der Waals surface area contributed by atoms with Crippen LogP contribution in [0.3, 0.4) is 0 Å². The largest absolute Gasteiger partial charge is 0.381 e. The SMILES string of the molecule is CC1Cc2ccccc2N1CCNc1cnn(C)c(=O)c1Cl. The van der Waals surface area contributed by atoms with E-state index in [-0.39, 0.29) is 10.6 Å². The lowest BCUT2D eigenvalue weighted by Crippen LogP contribution is -2.34. The van der Waals surface area contributed by atoms with Gasteiger partial charge in [0, 0.05) is 31.9 Å². The Kier molecular flexibility index (Phi) is 4.07. The summed E-state index contributed by atoms with van der Waals surface area (Å²) in [5, 5.41) is 7.38. The Balaban J connectivity index is 1.67. The zero-order chi connectivity index (χ0) is 15.7. The molecule has 0 saturated heterocycles. The van der Waals surface area contributed by atoms with E-state index in [0.717, 1.165) is 13.0 Å². The molecule has 0 radical (unpaired) electrons. The van der Waals surface area contributed by atoms with Crippen LogP contribution in [0.25, 0.3) is 0 Å². The normalized spacial score (nSPS) is 16.7. The number of anilines is 2. The lowest BCUT2D eigenvalue weighted by molar-refractivity contribution is 0.679. The maximum atomic E-state index is 11.7. The summed E-state index contributed by atoms with van der Waals surface area (Å²) in [6.45, 7) is 3.78. The van der Waals surface area contributed by atoms with Crippen LogP contribution < -0.4 is 15.8 Å². The number of hydrogen-bond donors (Lipinski definition) is 1. The Morgan fingerprint density at radius 2 is 2.18 bits per heavy atom. The molecule has 1 atom stereocenters. The van der Waals surface area contributed by atoms with E-state index < -0.39 is 0 Å². The summed E-state index contributed by atoms with van der Waals surface area (Å²) in [5.74, 6) is 0. The average molecular weight is 319 g/mol. The molecule has 0 bridgehead atoms. The van der Waals surface area contributed by atoms with Crippen molar-refractivity contribution in [2.24, 2.45) is 7.05 Å². The van der Waals surface area contributed by atoms with Crippen molar-refractivity contribution in [3.63, 3.8) is 0 Å². The zero-order valence-corrected chi connectivity index (χ0v) is 13.5. The van der Waals surface area contributed by atoms with E-state index in [1.165, 1.54) is 15.9 Å². The quantitative estimate of drug-likeness (QED) is 0.940. The lowest BCUT2D eigenvalue weighted by atomic mass is 10.1. The number of aromatic nitrogens is 2. The fourth-order valence-electron chi connectivity index (χ4n) is 2.92. The third kappa shape index (κ3) is 2.68. The molecule has 0 amide bonds. The second-order valence-electron chi connectivity index (χ2n) is 5.60. The number of benzene rings is 1. The molecule has 0 fully saturated rings. The molecule has 1 aliphatic rings. The summed E-state index contributed by atoms with van der Waals surface area (Å²) in [4.78, 5) is 14.1. The highest BCUT2D eigenvalue weighted by Crippen LogP contribution is 2.31. The molecule has 2 aromatic rings. The summed E-state index contributed by atoms with van der Waals surface area (Å²) < 4.78 is 1.23. The molecule has 3 rings (SSSR count). The van der Waals surface area contributed by atoms with Crippen molar-refractivity contribution in [1.82, 2.24) is 9.78 Å². The molecule has 1 aliphatic heterocycles. The molecule has 1 unspecified atom stereocenters. The first-order chi connectivity index (χ1) is 10.6. The van der Waals surface area contributed by atoms with Gasteiger partial charge in [-0.2, -0.15) is 5.10 Å². The maximum absolute atomic E-state index is 11.7. The maximum Gasteiger partial charge on any atom is 0.287 e. The predicted octanol–water partition coefficient (Wildman–Crippen LogP) is 2.30. The van der Waals surface area contributed by atoms with Gasteiger partial charge in [-0.1, -0.05) is 29.8 Å². The van der Waals surface area contributed by atoms with Gasteiger partial charge in [-0.05, 0) is 25.0 Å². The zero-order valence-electron chi connectivity index (χ0n) is 12.7. The lowest BCUT2D eigenvalue weighted by Gasteiger charge is -2.25. The van der Waals surface area contributed by atoms with Gasteiger partial charge in [0.05, 0.1) is 11.9 Å². The van der Waals surface area contributed by atoms with Crippen LogP contribution in [0.5, 0.6) is 0 Å². The van der Waals surface area contributed by atoms with Crippen molar-refractivity contribution in [1.29, 1.82) is 0 Å². The Labute approximate surface area is 134 Å². The molecule has 6 heteroatoms. The van der Waals surface area contributed by atoms with Gasteiger partial charge in [-0.25, -0.2) is 4.68 Å². The molecule has 0 saturated carbocycles. The number of halogens is 1. The summed E-state index contributed by atoms with van der Waals surface area (Å²) in [5.41, 5.74) is 2.99. The molecule has 2 heterocycles. The number of rotatable bonds is 4. The highest BCUT2D eigenvalue weighted by Gasteiger charge is 2.24. The van der Waals surface area contributed by atoms with Gasteiger partial charge in [-0.3, -0.25) is 4.79 Å². The van der Waals surface area contributed by atoms with Crippen LogP contribution >= 0.6 is 11.6 Å². The number of nitrogens with zero attached hydrogens (tertiary/aromatic N) is 3. The summed E-state index contributed by atoms with van der Waals surface area (Å²) in [6.07, 6.45) is 2.66. The van der Waals surface area contributed by atoms with E-state index in [4.69, 9.17) is 11.6 Å². The monoisotopic (exact) mass is 318 g/mol. The molecular weight excluding hydrogens is 300 g/mol. The third-order valence-electron chi connectivity index (χ3n) is 4.09. The van der Waals surface area contributed by atoms with Crippen LogP contribution in [0.1, 0.15) is 12.5 Å². The number of fused-ring (bicyclic) bond motifs is 1. The molecule has 0 aliphatic carbocycles. The topological polar surface area (TPSA) is 50.2 Å². The number of hydrogen-bond acceptors (Lipinski definition) is 4. The van der Waals surface area contributed by atoms with E-state index in [1.54, 1.807) is 13.2 Å². The van der Waals surface area contributed by atoms with Crippen molar-refractivity contribution in [2.45, 2.75) is 19.4 Å². The fourth-order valence-corrected chi connectivity index (χ4v) is 3.15. The molecule has 5 nitrogen and oxygen atoms in total. The highest BCUT2D eigenvalue weighted by atomic mass is 35.5. The van der Waals surface area contributed by atoms with Crippen LogP contribution in [0.4, 0.5) is 11.4 Å². The van der Waals surface area contributed by atoms with Crippen LogP contribution in [0, 0.1) is 0 Å². The van der Waals surface area contributed by atoms with Gasteiger partial charge in [0.15, 0.2) is 0 Å². The van der Waals surface area contributed by atoms with E-state index >= 15 is 0 Å². The van der Waals surface area contributed by atoms with E-state index in [9.17, 15) is 4.79 Å². The average Bonchev–Trinajstić information content (AvgIpc) is 2.83. The Morgan fingerprint density at radius 1 is 1.41 bits per heavy atom. The van der Waals surface area contributed by atoms with Crippen molar-refractivity contribution in [3.8, 4) is 0 Å².